The summed E-state index contributed by atoms with van der Waals surface area (Å²) in [5.41, 5.74) is 2.56. The second kappa shape index (κ2) is 9.48. The second-order valence-corrected chi connectivity index (χ2v) is 8.19. The molecule has 9 nitrogen and oxygen atoms in total. The van der Waals surface area contributed by atoms with E-state index in [0.29, 0.717) is 23.9 Å². The summed E-state index contributed by atoms with van der Waals surface area (Å²) in [5.74, 6) is 1.62. The van der Waals surface area contributed by atoms with Crippen LogP contribution in [0.15, 0.2) is 55.0 Å². The number of hydrogen-bond acceptors (Lipinski definition) is 7. The molecule has 5 rings (SSSR count). The highest BCUT2D eigenvalue weighted by Crippen LogP contribution is 2.33. The van der Waals surface area contributed by atoms with Crippen LogP contribution in [-0.2, 0) is 4.74 Å². The molecule has 0 bridgehead atoms. The number of H-pyrrole nitrogens is 1. The van der Waals surface area contributed by atoms with Crippen molar-refractivity contribution < 1.29 is 19.0 Å². The molecule has 0 aliphatic carbocycles. The van der Waals surface area contributed by atoms with Crippen LogP contribution in [0.1, 0.15) is 24.0 Å². The van der Waals surface area contributed by atoms with Crippen molar-refractivity contribution in [2.75, 3.05) is 26.8 Å². The number of carbonyl (C=O) groups is 1. The molecule has 1 atom stereocenters. The number of fused-ring (bicyclic) bond motifs is 1. The third-order valence-electron chi connectivity index (χ3n) is 5.52. The van der Waals surface area contributed by atoms with E-state index in [1.54, 1.807) is 24.3 Å². The number of rotatable bonds is 8. The topological polar surface area (TPSA) is 102 Å². The van der Waals surface area contributed by atoms with Crippen molar-refractivity contribution in [2.45, 2.75) is 19.4 Å². The molecule has 4 aromatic rings. The van der Waals surface area contributed by atoms with Crippen LogP contribution >= 0.6 is 0 Å². The first-order valence-corrected chi connectivity index (χ1v) is 11.1. The van der Waals surface area contributed by atoms with Crippen molar-refractivity contribution in [3.8, 4) is 28.5 Å². The van der Waals surface area contributed by atoms with E-state index in [4.69, 9.17) is 14.2 Å². The van der Waals surface area contributed by atoms with E-state index in [2.05, 4.69) is 19.9 Å². The average Bonchev–Trinajstić information content (AvgIpc) is 3.23. The number of nitrogens with one attached hydrogen (secondary N) is 1. The lowest BCUT2D eigenvalue weighted by Crippen LogP contribution is -2.42. The SMILES string of the molecule is COC[C@H](C)Oc1cc(Oc2cnc(C(=O)N3CCC3)nc2)cc(-c2cc3cccnc3[nH]2)c1. The Hall–Kier alpha value is -3.98. The van der Waals surface area contributed by atoms with Crippen LogP contribution in [0.5, 0.6) is 17.2 Å². The van der Waals surface area contributed by atoms with Gasteiger partial charge in [-0.2, -0.15) is 0 Å². The molecule has 1 aromatic carbocycles. The first-order chi connectivity index (χ1) is 16.6. The third kappa shape index (κ3) is 4.69. The van der Waals surface area contributed by atoms with Gasteiger partial charge in [-0.15, -0.1) is 0 Å². The van der Waals surface area contributed by atoms with Gasteiger partial charge in [0.05, 0.1) is 19.0 Å². The number of pyridine rings is 1. The van der Waals surface area contributed by atoms with Gasteiger partial charge in [-0.3, -0.25) is 4.79 Å². The van der Waals surface area contributed by atoms with Gasteiger partial charge in [0.15, 0.2) is 5.75 Å². The Bertz CT molecular complexity index is 1270. The Labute approximate surface area is 196 Å². The molecule has 1 saturated heterocycles. The van der Waals surface area contributed by atoms with Gasteiger partial charge >= 0.3 is 0 Å². The van der Waals surface area contributed by atoms with Crippen molar-refractivity contribution in [1.82, 2.24) is 24.8 Å². The first-order valence-electron chi connectivity index (χ1n) is 11.1. The standard InChI is InChI=1S/C25H25N5O4/c1-16(15-32-2)33-19-9-18(22-11-17-5-3-6-26-23(17)29-22)10-20(12-19)34-21-13-27-24(28-14-21)25(31)30-7-4-8-30/h3,5-6,9-14,16H,4,7-8,15H2,1-2H3,(H,26,29)/t16-/m0/s1. The molecular weight excluding hydrogens is 434 g/mol. The van der Waals surface area contributed by atoms with Gasteiger partial charge in [-0.1, -0.05) is 0 Å². The van der Waals surface area contributed by atoms with E-state index in [-0.39, 0.29) is 17.8 Å². The molecule has 1 N–H and O–H groups in total. The van der Waals surface area contributed by atoms with E-state index in [9.17, 15) is 4.79 Å². The maximum atomic E-state index is 12.3. The number of ether oxygens (including phenoxy) is 3. The zero-order chi connectivity index (χ0) is 23.5. The molecule has 0 radical (unpaired) electrons. The van der Waals surface area contributed by atoms with Crippen molar-refractivity contribution >= 4 is 16.9 Å². The highest BCUT2D eigenvalue weighted by Gasteiger charge is 2.23. The smallest absolute Gasteiger partial charge is 0.291 e. The van der Waals surface area contributed by atoms with Crippen LogP contribution in [0.2, 0.25) is 0 Å². The summed E-state index contributed by atoms with van der Waals surface area (Å²) in [4.78, 5) is 30.1. The lowest BCUT2D eigenvalue weighted by atomic mass is 10.1. The zero-order valence-electron chi connectivity index (χ0n) is 19.0. The fourth-order valence-corrected chi connectivity index (χ4v) is 3.74. The fourth-order valence-electron chi connectivity index (χ4n) is 3.74. The minimum absolute atomic E-state index is 0.146. The molecule has 174 valence electrons. The lowest BCUT2D eigenvalue weighted by Gasteiger charge is -2.29. The maximum Gasteiger partial charge on any atom is 0.291 e. The molecular formula is C25H25N5O4. The normalized spacial score (nSPS) is 14.0. The van der Waals surface area contributed by atoms with Crippen LogP contribution in [0.4, 0.5) is 0 Å². The maximum absolute atomic E-state index is 12.3. The minimum atomic E-state index is -0.157. The Morgan fingerprint density at radius 3 is 2.59 bits per heavy atom. The number of hydrogen-bond donors (Lipinski definition) is 1. The quantitative estimate of drug-likeness (QED) is 0.424. The van der Waals surface area contributed by atoms with Gasteiger partial charge < -0.3 is 24.1 Å². The van der Waals surface area contributed by atoms with Crippen molar-refractivity contribution in [2.24, 2.45) is 0 Å². The number of methoxy groups -OCH3 is 1. The van der Waals surface area contributed by atoms with E-state index in [1.807, 2.05) is 37.3 Å². The molecule has 9 heteroatoms. The van der Waals surface area contributed by atoms with Gasteiger partial charge in [0, 0.05) is 49.1 Å². The Kier molecular flexibility index (Phi) is 6.09. The zero-order valence-corrected chi connectivity index (χ0v) is 19.0. The molecule has 0 spiro atoms. The molecule has 1 aliphatic heterocycles. The Morgan fingerprint density at radius 2 is 1.88 bits per heavy atom. The predicted octanol–water partition coefficient (Wildman–Crippen LogP) is 4.07. The van der Waals surface area contributed by atoms with E-state index >= 15 is 0 Å². The van der Waals surface area contributed by atoms with Gasteiger partial charge in [0.2, 0.25) is 5.82 Å². The summed E-state index contributed by atoms with van der Waals surface area (Å²) in [7, 11) is 1.64. The monoisotopic (exact) mass is 459 g/mol. The van der Waals surface area contributed by atoms with Crippen LogP contribution < -0.4 is 9.47 Å². The Balaban J connectivity index is 1.43. The van der Waals surface area contributed by atoms with Crippen molar-refractivity contribution in [1.29, 1.82) is 0 Å². The number of likely N-dealkylation sites (tertiary alicyclic amines) is 1. The highest BCUT2D eigenvalue weighted by atomic mass is 16.5. The summed E-state index contributed by atoms with van der Waals surface area (Å²) in [6, 6.07) is 11.6. The van der Waals surface area contributed by atoms with Crippen LogP contribution in [0, 0.1) is 0 Å². The number of carbonyl (C=O) groups excluding carboxylic acids is 1. The van der Waals surface area contributed by atoms with Crippen molar-refractivity contribution in [3.05, 3.63) is 60.8 Å². The molecule has 3 aromatic heterocycles. The number of aromatic nitrogens is 4. The van der Waals surface area contributed by atoms with Gasteiger partial charge in [-0.25, -0.2) is 15.0 Å². The van der Waals surface area contributed by atoms with Crippen molar-refractivity contribution in [3.63, 3.8) is 0 Å². The number of benzene rings is 1. The van der Waals surface area contributed by atoms with Crippen LogP contribution in [0.25, 0.3) is 22.3 Å². The molecule has 4 heterocycles. The van der Waals surface area contributed by atoms with E-state index in [0.717, 1.165) is 41.8 Å². The molecule has 34 heavy (non-hydrogen) atoms. The first kappa shape index (κ1) is 21.8. The van der Waals surface area contributed by atoms with Crippen LogP contribution in [-0.4, -0.2) is 63.7 Å². The summed E-state index contributed by atoms with van der Waals surface area (Å²) in [6.07, 6.45) is 5.64. The highest BCUT2D eigenvalue weighted by molar-refractivity contribution is 5.90. The summed E-state index contributed by atoms with van der Waals surface area (Å²) in [6.45, 7) is 3.89. The molecule has 1 amide bonds. The van der Waals surface area contributed by atoms with Crippen LogP contribution in [0.3, 0.4) is 0 Å². The summed E-state index contributed by atoms with van der Waals surface area (Å²) >= 11 is 0. The molecule has 1 fully saturated rings. The van der Waals surface area contributed by atoms with Gasteiger partial charge in [-0.05, 0) is 43.7 Å². The molecule has 0 saturated carbocycles. The minimum Gasteiger partial charge on any atom is -0.488 e. The average molecular weight is 460 g/mol. The largest absolute Gasteiger partial charge is 0.488 e. The number of aromatic amines is 1. The Morgan fingerprint density at radius 1 is 1.09 bits per heavy atom. The summed E-state index contributed by atoms with van der Waals surface area (Å²) in [5, 5.41) is 1.01. The summed E-state index contributed by atoms with van der Waals surface area (Å²) < 4.78 is 17.3. The second-order valence-electron chi connectivity index (χ2n) is 8.19. The van der Waals surface area contributed by atoms with E-state index in [1.165, 1.54) is 12.4 Å². The number of amides is 1. The third-order valence-corrected chi connectivity index (χ3v) is 5.52. The lowest BCUT2D eigenvalue weighted by molar-refractivity contribution is 0.0639. The predicted molar refractivity (Wildman–Crippen MR) is 126 cm³/mol. The van der Waals surface area contributed by atoms with E-state index < -0.39 is 0 Å². The molecule has 0 unspecified atom stereocenters. The van der Waals surface area contributed by atoms with Gasteiger partial charge in [0.1, 0.15) is 23.3 Å². The van der Waals surface area contributed by atoms with Gasteiger partial charge in [0.25, 0.3) is 5.91 Å². The fraction of sp³-hybridized carbons (Fsp3) is 0.280. The molecule has 1 aliphatic rings. The number of nitrogens with zero attached hydrogens (tertiary/aromatic N) is 4.